The summed E-state index contributed by atoms with van der Waals surface area (Å²) in [5.41, 5.74) is 8.31. The van der Waals surface area contributed by atoms with Crippen LogP contribution in [0, 0.1) is 20.8 Å². The van der Waals surface area contributed by atoms with Crippen LogP contribution in [-0.4, -0.2) is 17.9 Å². The molecule has 2 aromatic carbocycles. The van der Waals surface area contributed by atoms with Crippen LogP contribution in [0.2, 0.25) is 5.02 Å². The minimum Gasteiger partial charge on any atom is -0.272 e. The number of halogens is 1. The smallest absolute Gasteiger partial charge is 0.250 e. The average Bonchev–Trinajstić information content (AvgIpc) is 2.56. The number of carbonyl (C=O) groups excluding carboxylic acids is 1. The number of benzene rings is 2. The molecule has 1 amide bonds. The van der Waals surface area contributed by atoms with Crippen molar-refractivity contribution in [2.45, 2.75) is 26.5 Å². The second-order valence-corrected chi connectivity index (χ2v) is 6.99. The summed E-state index contributed by atoms with van der Waals surface area (Å²) in [5.74, 6) is 0.923. The Labute approximate surface area is 152 Å². The highest BCUT2D eigenvalue weighted by molar-refractivity contribution is 7.99. The highest BCUT2D eigenvalue weighted by Gasteiger charge is 2.04. The first kappa shape index (κ1) is 18.6. The van der Waals surface area contributed by atoms with Gasteiger partial charge in [0.2, 0.25) is 5.91 Å². The van der Waals surface area contributed by atoms with E-state index in [4.69, 9.17) is 11.6 Å². The molecule has 0 fully saturated rings. The fourth-order valence-electron chi connectivity index (χ4n) is 2.19. The fraction of sp³-hybridized carbons (Fsp3) is 0.263. The highest BCUT2D eigenvalue weighted by atomic mass is 35.5. The third-order valence-electron chi connectivity index (χ3n) is 3.94. The molecule has 0 aliphatic carbocycles. The molecule has 1 N–H and O–H groups in total. The first-order valence-corrected chi connectivity index (χ1v) is 9.22. The Bertz CT molecular complexity index is 759. The summed E-state index contributed by atoms with van der Waals surface area (Å²) in [6.07, 6.45) is 1.69. The van der Waals surface area contributed by atoms with Crippen molar-refractivity contribution in [2.24, 2.45) is 5.10 Å². The Kier molecular flexibility index (Phi) is 6.88. The van der Waals surface area contributed by atoms with Crippen LogP contribution in [0.5, 0.6) is 0 Å². The summed E-state index contributed by atoms with van der Waals surface area (Å²) in [7, 11) is 0. The molecule has 126 valence electrons. The normalized spacial score (nSPS) is 11.0. The summed E-state index contributed by atoms with van der Waals surface area (Å²) in [6.45, 7) is 6.23. The molecule has 0 heterocycles. The minimum atomic E-state index is -0.121. The van der Waals surface area contributed by atoms with Crippen molar-refractivity contribution in [1.82, 2.24) is 5.43 Å². The van der Waals surface area contributed by atoms with Crippen LogP contribution in [0.1, 0.15) is 27.8 Å². The molecule has 0 bridgehead atoms. The predicted octanol–water partition coefficient (Wildman–Crippen LogP) is 4.65. The minimum absolute atomic E-state index is 0.121. The van der Waals surface area contributed by atoms with Crippen LogP contribution in [0.4, 0.5) is 0 Å². The van der Waals surface area contributed by atoms with Crippen molar-refractivity contribution < 1.29 is 4.79 Å². The van der Waals surface area contributed by atoms with E-state index in [1.807, 2.05) is 30.3 Å². The summed E-state index contributed by atoms with van der Waals surface area (Å²) in [5, 5.41) is 4.78. The summed E-state index contributed by atoms with van der Waals surface area (Å²) in [4.78, 5) is 11.8. The standard InChI is InChI=1S/C19H21ClN2OS/c1-13-8-9-16(15(3)14(13)2)10-21-22-19(23)12-24-11-17-6-4-5-7-18(17)20/h4-10H,11-12H2,1-3H3,(H,22,23)/b21-10-. The Balaban J connectivity index is 1.81. The van der Waals surface area contributed by atoms with Crippen molar-refractivity contribution >= 4 is 35.5 Å². The van der Waals surface area contributed by atoms with E-state index in [2.05, 4.69) is 37.4 Å². The topological polar surface area (TPSA) is 41.5 Å². The van der Waals surface area contributed by atoms with Crippen molar-refractivity contribution in [3.8, 4) is 0 Å². The van der Waals surface area contributed by atoms with Crippen LogP contribution >= 0.6 is 23.4 Å². The second kappa shape index (κ2) is 8.90. The third kappa shape index (κ3) is 5.11. The van der Waals surface area contributed by atoms with Crippen molar-refractivity contribution in [3.63, 3.8) is 0 Å². The van der Waals surface area contributed by atoms with Crippen LogP contribution in [0.15, 0.2) is 41.5 Å². The summed E-state index contributed by atoms with van der Waals surface area (Å²) >= 11 is 7.60. The van der Waals surface area contributed by atoms with Gasteiger partial charge in [0.1, 0.15) is 0 Å². The number of rotatable bonds is 6. The monoisotopic (exact) mass is 360 g/mol. The predicted molar refractivity (Wildman–Crippen MR) is 104 cm³/mol. The van der Waals surface area contributed by atoms with Crippen LogP contribution in [-0.2, 0) is 10.5 Å². The van der Waals surface area contributed by atoms with E-state index >= 15 is 0 Å². The molecule has 2 rings (SSSR count). The van der Waals surface area contributed by atoms with Gasteiger partial charge < -0.3 is 0 Å². The number of hydrogen-bond acceptors (Lipinski definition) is 3. The van der Waals surface area contributed by atoms with Gasteiger partial charge in [-0.3, -0.25) is 4.79 Å². The third-order valence-corrected chi connectivity index (χ3v) is 5.29. The van der Waals surface area contributed by atoms with Crippen molar-refractivity contribution in [1.29, 1.82) is 0 Å². The fourth-order valence-corrected chi connectivity index (χ4v) is 3.30. The van der Waals surface area contributed by atoms with Crippen LogP contribution < -0.4 is 5.43 Å². The van der Waals surface area contributed by atoms with Crippen molar-refractivity contribution in [2.75, 3.05) is 5.75 Å². The van der Waals surface area contributed by atoms with E-state index in [0.717, 1.165) is 16.1 Å². The maximum Gasteiger partial charge on any atom is 0.250 e. The molecule has 0 aromatic heterocycles. The van der Waals surface area contributed by atoms with Crippen LogP contribution in [0.3, 0.4) is 0 Å². The van der Waals surface area contributed by atoms with E-state index in [1.54, 1.807) is 6.21 Å². The molecular weight excluding hydrogens is 340 g/mol. The van der Waals surface area contributed by atoms with Gasteiger partial charge in [0.25, 0.3) is 0 Å². The lowest BCUT2D eigenvalue weighted by Crippen LogP contribution is -2.19. The molecule has 0 aliphatic rings. The Morgan fingerprint density at radius 2 is 1.92 bits per heavy atom. The highest BCUT2D eigenvalue weighted by Crippen LogP contribution is 2.20. The number of thioether (sulfide) groups is 1. The molecule has 2 aromatic rings. The molecule has 0 spiro atoms. The van der Waals surface area contributed by atoms with Gasteiger partial charge in [-0.1, -0.05) is 41.9 Å². The molecular formula is C19H21ClN2OS. The molecule has 0 saturated heterocycles. The number of nitrogens with one attached hydrogen (secondary N) is 1. The van der Waals surface area contributed by atoms with E-state index in [0.29, 0.717) is 11.5 Å². The molecule has 5 heteroatoms. The quantitative estimate of drug-likeness (QED) is 0.601. The molecule has 3 nitrogen and oxygen atoms in total. The van der Waals surface area contributed by atoms with E-state index in [1.165, 1.54) is 28.5 Å². The van der Waals surface area contributed by atoms with E-state index < -0.39 is 0 Å². The second-order valence-electron chi connectivity index (χ2n) is 5.60. The van der Waals surface area contributed by atoms with Gasteiger partial charge in [0.15, 0.2) is 0 Å². The first-order valence-electron chi connectivity index (χ1n) is 7.69. The average molecular weight is 361 g/mol. The number of aryl methyl sites for hydroxylation is 1. The molecule has 0 aliphatic heterocycles. The zero-order chi connectivity index (χ0) is 17.5. The molecule has 0 saturated carbocycles. The van der Waals surface area contributed by atoms with Gasteiger partial charge in [-0.15, -0.1) is 11.8 Å². The number of carbonyl (C=O) groups is 1. The molecule has 0 unspecified atom stereocenters. The number of amides is 1. The number of hydrazone groups is 1. The largest absolute Gasteiger partial charge is 0.272 e. The lowest BCUT2D eigenvalue weighted by molar-refractivity contribution is -0.118. The molecule has 24 heavy (non-hydrogen) atoms. The van der Waals surface area contributed by atoms with Gasteiger partial charge in [0, 0.05) is 10.8 Å². The van der Waals surface area contributed by atoms with Gasteiger partial charge in [-0.05, 0) is 54.7 Å². The van der Waals surface area contributed by atoms with Gasteiger partial charge in [-0.2, -0.15) is 5.10 Å². The summed E-state index contributed by atoms with van der Waals surface area (Å²) < 4.78 is 0. The van der Waals surface area contributed by atoms with Gasteiger partial charge in [-0.25, -0.2) is 5.43 Å². The molecule has 0 radical (unpaired) electrons. The maximum absolute atomic E-state index is 11.8. The SMILES string of the molecule is Cc1ccc(/C=N\NC(=O)CSCc2ccccc2Cl)c(C)c1C. The zero-order valence-corrected chi connectivity index (χ0v) is 15.7. The lowest BCUT2D eigenvalue weighted by Gasteiger charge is -2.07. The number of nitrogens with zero attached hydrogens (tertiary/aromatic N) is 1. The Hall–Kier alpha value is -1.78. The van der Waals surface area contributed by atoms with E-state index in [9.17, 15) is 4.79 Å². The first-order chi connectivity index (χ1) is 11.5. The van der Waals surface area contributed by atoms with Crippen LogP contribution in [0.25, 0.3) is 0 Å². The summed E-state index contributed by atoms with van der Waals surface area (Å²) in [6, 6.07) is 11.7. The van der Waals surface area contributed by atoms with Gasteiger partial charge >= 0.3 is 0 Å². The Morgan fingerprint density at radius 3 is 2.67 bits per heavy atom. The van der Waals surface area contributed by atoms with Crippen molar-refractivity contribution in [3.05, 3.63) is 69.2 Å². The van der Waals surface area contributed by atoms with E-state index in [-0.39, 0.29) is 5.91 Å². The molecule has 0 atom stereocenters. The maximum atomic E-state index is 11.8. The lowest BCUT2D eigenvalue weighted by atomic mass is 10.00. The van der Waals surface area contributed by atoms with Gasteiger partial charge in [0.05, 0.1) is 12.0 Å². The zero-order valence-electron chi connectivity index (χ0n) is 14.1. The number of hydrogen-bond donors (Lipinski definition) is 1. The Morgan fingerprint density at radius 1 is 1.17 bits per heavy atom.